The Balaban J connectivity index is 3.45. The molecule has 0 fully saturated rings. The monoisotopic (exact) mass is 187 g/mol. The molecule has 70 valence electrons. The molecule has 0 saturated heterocycles. The van der Waals surface area contributed by atoms with Gasteiger partial charge in [0.05, 0.1) is 12.7 Å². The zero-order valence-electron chi connectivity index (χ0n) is 6.80. The Kier molecular flexibility index (Phi) is 2.46. The zero-order chi connectivity index (χ0) is 10.0. The van der Waals surface area contributed by atoms with Gasteiger partial charge in [-0.2, -0.15) is 0 Å². The van der Waals surface area contributed by atoms with E-state index in [1.807, 2.05) is 0 Å². The molecule has 0 aliphatic carbocycles. The Morgan fingerprint density at radius 3 is 2.62 bits per heavy atom. The molecule has 3 nitrogen and oxygen atoms in total. The van der Waals surface area contributed by atoms with Crippen molar-refractivity contribution < 1.29 is 18.3 Å². The van der Waals surface area contributed by atoms with E-state index in [-0.39, 0.29) is 17.7 Å². The number of nitrogen functional groups attached to an aromatic ring is 1. The smallest absolute Gasteiger partial charge is 0.163 e. The van der Waals surface area contributed by atoms with Crippen molar-refractivity contribution in [3.8, 4) is 5.75 Å². The summed E-state index contributed by atoms with van der Waals surface area (Å²) < 4.78 is 30.5. The highest BCUT2D eigenvalue weighted by molar-refractivity contribution is 5.79. The first-order chi connectivity index (χ1) is 6.11. The number of anilines is 1. The predicted octanol–water partition coefficient (Wildman–Crippen LogP) is 1.37. The van der Waals surface area contributed by atoms with Crippen LogP contribution in [0.2, 0.25) is 0 Å². The minimum absolute atomic E-state index is 0.0699. The Morgan fingerprint density at radius 2 is 2.15 bits per heavy atom. The highest BCUT2D eigenvalue weighted by Gasteiger charge is 2.16. The van der Waals surface area contributed by atoms with Crippen LogP contribution in [0.5, 0.6) is 5.75 Å². The van der Waals surface area contributed by atoms with Crippen LogP contribution >= 0.6 is 0 Å². The molecule has 0 saturated carbocycles. The molecule has 0 heterocycles. The molecule has 0 aromatic heterocycles. The summed E-state index contributed by atoms with van der Waals surface area (Å²) in [4.78, 5) is 10.2. The van der Waals surface area contributed by atoms with Gasteiger partial charge in [-0.05, 0) is 0 Å². The fraction of sp³-hybridized carbons (Fsp3) is 0.125. The van der Waals surface area contributed by atoms with E-state index in [9.17, 15) is 13.6 Å². The Morgan fingerprint density at radius 1 is 1.54 bits per heavy atom. The zero-order valence-corrected chi connectivity index (χ0v) is 6.80. The molecule has 0 atom stereocenters. The molecule has 1 aromatic carbocycles. The van der Waals surface area contributed by atoms with Gasteiger partial charge in [-0.15, -0.1) is 0 Å². The average molecular weight is 187 g/mol. The molecule has 13 heavy (non-hydrogen) atoms. The molecule has 0 radical (unpaired) electrons. The first kappa shape index (κ1) is 9.44. The number of aldehydes is 1. The summed E-state index contributed by atoms with van der Waals surface area (Å²) in [5, 5.41) is 0. The molecule has 5 heteroatoms. The van der Waals surface area contributed by atoms with Crippen molar-refractivity contribution in [1.82, 2.24) is 0 Å². The molecule has 0 aliphatic heterocycles. The van der Waals surface area contributed by atoms with Crippen LogP contribution in [0.4, 0.5) is 14.5 Å². The maximum atomic E-state index is 13.0. The normalized spacial score (nSPS) is 9.77. The summed E-state index contributed by atoms with van der Waals surface area (Å²) in [5.41, 5.74) is 4.16. The molecule has 2 N–H and O–H groups in total. The lowest BCUT2D eigenvalue weighted by molar-refractivity contribution is 0.111. The number of carbonyl (C=O) groups excluding carboxylic acids is 1. The molecule has 0 unspecified atom stereocenters. The third-order valence-corrected chi connectivity index (χ3v) is 1.59. The van der Waals surface area contributed by atoms with Gasteiger partial charge in [-0.25, -0.2) is 8.78 Å². The van der Waals surface area contributed by atoms with Crippen LogP contribution in [-0.4, -0.2) is 13.4 Å². The van der Waals surface area contributed by atoms with Gasteiger partial charge in [-0.3, -0.25) is 4.79 Å². The van der Waals surface area contributed by atoms with Gasteiger partial charge in [0.2, 0.25) is 0 Å². The summed E-state index contributed by atoms with van der Waals surface area (Å²) >= 11 is 0. The maximum absolute atomic E-state index is 13.0. The van der Waals surface area contributed by atoms with Gasteiger partial charge in [0.25, 0.3) is 0 Å². The number of halogens is 2. The Labute approximate surface area is 73.1 Å². The van der Waals surface area contributed by atoms with E-state index in [0.717, 1.165) is 6.07 Å². The Bertz CT molecular complexity index is 352. The predicted molar refractivity (Wildman–Crippen MR) is 42.7 cm³/mol. The lowest BCUT2D eigenvalue weighted by Crippen LogP contribution is -2.02. The highest BCUT2D eigenvalue weighted by atomic mass is 19.1. The number of carbonyl (C=O) groups is 1. The standard InChI is InChI=1S/C8H7F2NO2/c1-13-6-2-5(9)4(3-12)7(10)8(6)11/h2-3H,11H2,1H3. The molecule has 0 aliphatic rings. The Hall–Kier alpha value is -1.65. The van der Waals surface area contributed by atoms with E-state index in [2.05, 4.69) is 4.74 Å². The summed E-state index contributed by atoms with van der Waals surface area (Å²) in [6, 6.07) is 0.863. The van der Waals surface area contributed by atoms with E-state index >= 15 is 0 Å². The lowest BCUT2D eigenvalue weighted by atomic mass is 10.2. The fourth-order valence-electron chi connectivity index (χ4n) is 0.906. The van der Waals surface area contributed by atoms with Crippen LogP contribution in [0.25, 0.3) is 0 Å². The highest BCUT2D eigenvalue weighted by Crippen LogP contribution is 2.28. The van der Waals surface area contributed by atoms with E-state index < -0.39 is 17.2 Å². The van der Waals surface area contributed by atoms with Gasteiger partial charge in [0.15, 0.2) is 12.1 Å². The van der Waals surface area contributed by atoms with Crippen molar-refractivity contribution >= 4 is 12.0 Å². The molecule has 0 amide bonds. The van der Waals surface area contributed by atoms with Crippen LogP contribution < -0.4 is 10.5 Å². The maximum Gasteiger partial charge on any atom is 0.163 e. The van der Waals surface area contributed by atoms with Crippen LogP contribution in [0.15, 0.2) is 6.07 Å². The number of benzene rings is 1. The quantitative estimate of drug-likeness (QED) is 0.562. The summed E-state index contributed by atoms with van der Waals surface area (Å²) in [5.74, 6) is -2.20. The van der Waals surface area contributed by atoms with Gasteiger partial charge in [0, 0.05) is 6.07 Å². The first-order valence-electron chi connectivity index (χ1n) is 3.38. The molecule has 0 spiro atoms. The molecular weight excluding hydrogens is 180 g/mol. The van der Waals surface area contributed by atoms with Crippen LogP contribution in [0.1, 0.15) is 10.4 Å². The van der Waals surface area contributed by atoms with Gasteiger partial charge >= 0.3 is 0 Å². The van der Waals surface area contributed by atoms with Crippen LogP contribution in [-0.2, 0) is 0 Å². The van der Waals surface area contributed by atoms with E-state index in [1.165, 1.54) is 7.11 Å². The average Bonchev–Trinajstić information content (AvgIpc) is 2.12. The van der Waals surface area contributed by atoms with Gasteiger partial charge in [0.1, 0.15) is 17.3 Å². The summed E-state index contributed by atoms with van der Waals surface area (Å²) in [6.45, 7) is 0. The van der Waals surface area contributed by atoms with Crippen molar-refractivity contribution in [2.75, 3.05) is 12.8 Å². The van der Waals surface area contributed by atoms with Crippen LogP contribution in [0, 0.1) is 11.6 Å². The third kappa shape index (κ3) is 1.44. The van der Waals surface area contributed by atoms with Gasteiger partial charge < -0.3 is 10.5 Å². The summed E-state index contributed by atoms with van der Waals surface area (Å²) in [6.07, 6.45) is 0.0699. The molecule has 1 rings (SSSR count). The number of hydrogen-bond acceptors (Lipinski definition) is 3. The van der Waals surface area contributed by atoms with Crippen molar-refractivity contribution in [3.05, 3.63) is 23.3 Å². The minimum Gasteiger partial charge on any atom is -0.494 e. The van der Waals surface area contributed by atoms with Crippen molar-refractivity contribution in [2.45, 2.75) is 0 Å². The topological polar surface area (TPSA) is 52.3 Å². The largest absolute Gasteiger partial charge is 0.494 e. The molecule has 0 bridgehead atoms. The van der Waals surface area contributed by atoms with Crippen molar-refractivity contribution in [1.29, 1.82) is 0 Å². The third-order valence-electron chi connectivity index (χ3n) is 1.59. The first-order valence-corrected chi connectivity index (χ1v) is 3.38. The second kappa shape index (κ2) is 3.38. The molecular formula is C8H7F2NO2. The minimum atomic E-state index is -1.09. The summed E-state index contributed by atoms with van der Waals surface area (Å²) in [7, 11) is 1.23. The number of rotatable bonds is 2. The van der Waals surface area contributed by atoms with E-state index in [4.69, 9.17) is 5.73 Å². The van der Waals surface area contributed by atoms with Crippen molar-refractivity contribution in [2.24, 2.45) is 0 Å². The van der Waals surface area contributed by atoms with Gasteiger partial charge in [-0.1, -0.05) is 0 Å². The fourth-order valence-corrected chi connectivity index (χ4v) is 0.906. The lowest BCUT2D eigenvalue weighted by Gasteiger charge is -2.06. The van der Waals surface area contributed by atoms with E-state index in [0.29, 0.717) is 0 Å². The number of nitrogens with two attached hydrogens (primary N) is 1. The second-order valence-electron chi connectivity index (χ2n) is 2.32. The second-order valence-corrected chi connectivity index (χ2v) is 2.32. The van der Waals surface area contributed by atoms with Crippen molar-refractivity contribution in [3.63, 3.8) is 0 Å². The number of ether oxygens (including phenoxy) is 1. The van der Waals surface area contributed by atoms with E-state index in [1.54, 1.807) is 0 Å². The van der Waals surface area contributed by atoms with Crippen LogP contribution in [0.3, 0.4) is 0 Å². The molecule has 1 aromatic rings. The number of methoxy groups -OCH3 is 1. The number of hydrogen-bond donors (Lipinski definition) is 1. The SMILES string of the molecule is COc1cc(F)c(C=O)c(F)c1N.